The van der Waals surface area contributed by atoms with Crippen molar-refractivity contribution >= 4 is 5.97 Å². The first kappa shape index (κ1) is 13.5. The summed E-state index contributed by atoms with van der Waals surface area (Å²) in [7, 11) is 0. The Labute approximate surface area is 101 Å². The molecule has 0 aromatic heterocycles. The minimum absolute atomic E-state index is 0.267. The number of carbonyl (C=O) groups is 1. The molecule has 4 nitrogen and oxygen atoms in total. The van der Waals surface area contributed by atoms with Gasteiger partial charge in [-0.25, -0.2) is 4.79 Å². The standard InChI is InChI=1S/C13H18O4/c1-2-8-16-9-3-10-17-12-6-4-11(5-7-12)13(14)15/h4-7H,2-3,8-10H2,1H3,(H,14,15). The van der Waals surface area contributed by atoms with Gasteiger partial charge in [0.25, 0.3) is 0 Å². The molecule has 0 heterocycles. The van der Waals surface area contributed by atoms with Crippen molar-refractivity contribution in [3.05, 3.63) is 29.8 Å². The summed E-state index contributed by atoms with van der Waals surface area (Å²) in [5.74, 6) is -0.241. The van der Waals surface area contributed by atoms with Crippen LogP contribution in [0.25, 0.3) is 0 Å². The van der Waals surface area contributed by atoms with E-state index in [1.807, 2.05) is 0 Å². The summed E-state index contributed by atoms with van der Waals surface area (Å²) in [5, 5.41) is 8.71. The molecule has 0 spiro atoms. The van der Waals surface area contributed by atoms with Crippen LogP contribution < -0.4 is 4.74 Å². The van der Waals surface area contributed by atoms with E-state index in [-0.39, 0.29) is 5.56 Å². The molecular formula is C13H18O4. The maximum absolute atomic E-state index is 10.6. The van der Waals surface area contributed by atoms with Crippen LogP contribution in [0.3, 0.4) is 0 Å². The van der Waals surface area contributed by atoms with E-state index in [0.717, 1.165) is 19.4 Å². The van der Waals surface area contributed by atoms with E-state index >= 15 is 0 Å². The molecule has 94 valence electrons. The molecule has 0 saturated heterocycles. The maximum atomic E-state index is 10.6. The van der Waals surface area contributed by atoms with Gasteiger partial charge in [0.2, 0.25) is 0 Å². The maximum Gasteiger partial charge on any atom is 0.335 e. The fourth-order valence-corrected chi connectivity index (χ4v) is 1.29. The second-order valence-electron chi connectivity index (χ2n) is 3.64. The molecule has 1 N–H and O–H groups in total. The Bertz CT molecular complexity index is 332. The Morgan fingerprint density at radius 2 is 1.88 bits per heavy atom. The molecule has 0 aliphatic carbocycles. The van der Waals surface area contributed by atoms with Gasteiger partial charge in [-0.05, 0) is 30.7 Å². The molecule has 1 aromatic carbocycles. The van der Waals surface area contributed by atoms with Crippen LogP contribution in [-0.2, 0) is 4.74 Å². The highest BCUT2D eigenvalue weighted by Crippen LogP contribution is 2.12. The van der Waals surface area contributed by atoms with Crippen molar-refractivity contribution in [3.8, 4) is 5.75 Å². The predicted octanol–water partition coefficient (Wildman–Crippen LogP) is 2.58. The van der Waals surface area contributed by atoms with Gasteiger partial charge < -0.3 is 14.6 Å². The lowest BCUT2D eigenvalue weighted by Crippen LogP contribution is -2.04. The van der Waals surface area contributed by atoms with Gasteiger partial charge in [-0.15, -0.1) is 0 Å². The minimum Gasteiger partial charge on any atom is -0.494 e. The van der Waals surface area contributed by atoms with Crippen LogP contribution in [0, 0.1) is 0 Å². The lowest BCUT2D eigenvalue weighted by molar-refractivity contribution is 0.0697. The normalized spacial score (nSPS) is 10.2. The summed E-state index contributed by atoms with van der Waals surface area (Å²) in [6.07, 6.45) is 1.86. The lowest BCUT2D eigenvalue weighted by atomic mass is 10.2. The van der Waals surface area contributed by atoms with Crippen LogP contribution in [0.15, 0.2) is 24.3 Å². The highest BCUT2D eigenvalue weighted by Gasteiger charge is 2.01. The number of hydrogen-bond donors (Lipinski definition) is 1. The van der Waals surface area contributed by atoms with E-state index in [0.29, 0.717) is 19.0 Å². The van der Waals surface area contributed by atoms with Crippen molar-refractivity contribution in [3.63, 3.8) is 0 Å². The summed E-state index contributed by atoms with van der Waals surface area (Å²) in [4.78, 5) is 10.6. The average Bonchev–Trinajstić information content (AvgIpc) is 2.34. The van der Waals surface area contributed by atoms with Crippen molar-refractivity contribution < 1.29 is 19.4 Å². The Morgan fingerprint density at radius 3 is 2.47 bits per heavy atom. The number of aromatic carboxylic acids is 1. The molecule has 0 aliphatic heterocycles. The van der Waals surface area contributed by atoms with Crippen LogP contribution in [-0.4, -0.2) is 30.9 Å². The van der Waals surface area contributed by atoms with E-state index < -0.39 is 5.97 Å². The number of carboxylic acid groups (broad SMARTS) is 1. The van der Waals surface area contributed by atoms with Gasteiger partial charge >= 0.3 is 5.97 Å². The molecule has 1 rings (SSSR count). The van der Waals surface area contributed by atoms with E-state index in [2.05, 4.69) is 6.92 Å². The van der Waals surface area contributed by atoms with Crippen molar-refractivity contribution in [1.82, 2.24) is 0 Å². The third-order valence-corrected chi connectivity index (χ3v) is 2.15. The highest BCUT2D eigenvalue weighted by molar-refractivity contribution is 5.87. The SMILES string of the molecule is CCCOCCCOc1ccc(C(=O)O)cc1. The molecule has 0 saturated carbocycles. The molecule has 0 radical (unpaired) electrons. The van der Waals surface area contributed by atoms with Crippen molar-refractivity contribution in [2.75, 3.05) is 19.8 Å². The number of carboxylic acids is 1. The molecule has 1 aromatic rings. The number of rotatable bonds is 8. The smallest absolute Gasteiger partial charge is 0.335 e. The third-order valence-electron chi connectivity index (χ3n) is 2.15. The number of benzene rings is 1. The Balaban J connectivity index is 2.21. The molecule has 0 bridgehead atoms. The van der Waals surface area contributed by atoms with Crippen LogP contribution in [0.4, 0.5) is 0 Å². The summed E-state index contributed by atoms with van der Waals surface area (Å²) in [6.45, 7) is 4.13. The van der Waals surface area contributed by atoms with Crippen LogP contribution >= 0.6 is 0 Å². The zero-order valence-corrected chi connectivity index (χ0v) is 10.0. The Hall–Kier alpha value is -1.55. The van der Waals surface area contributed by atoms with Crippen LogP contribution in [0.5, 0.6) is 5.75 Å². The first-order valence-electron chi connectivity index (χ1n) is 5.78. The summed E-state index contributed by atoms with van der Waals surface area (Å²) in [5.41, 5.74) is 0.267. The third kappa shape index (κ3) is 5.36. The second kappa shape index (κ2) is 7.68. The van der Waals surface area contributed by atoms with Crippen molar-refractivity contribution in [2.45, 2.75) is 19.8 Å². The average molecular weight is 238 g/mol. The minimum atomic E-state index is -0.926. The van der Waals surface area contributed by atoms with Crippen LogP contribution in [0.2, 0.25) is 0 Å². The van der Waals surface area contributed by atoms with Gasteiger partial charge in [0.05, 0.1) is 12.2 Å². The lowest BCUT2D eigenvalue weighted by Gasteiger charge is -2.06. The fourth-order valence-electron chi connectivity index (χ4n) is 1.29. The predicted molar refractivity (Wildman–Crippen MR) is 64.6 cm³/mol. The molecule has 0 amide bonds. The summed E-state index contributed by atoms with van der Waals surface area (Å²) < 4.78 is 10.8. The van der Waals surface area contributed by atoms with E-state index in [4.69, 9.17) is 14.6 Å². The largest absolute Gasteiger partial charge is 0.494 e. The quantitative estimate of drug-likeness (QED) is 0.707. The summed E-state index contributed by atoms with van der Waals surface area (Å²) in [6, 6.07) is 6.39. The fraction of sp³-hybridized carbons (Fsp3) is 0.462. The monoisotopic (exact) mass is 238 g/mol. The number of ether oxygens (including phenoxy) is 2. The zero-order valence-electron chi connectivity index (χ0n) is 10.0. The van der Waals surface area contributed by atoms with Crippen LogP contribution in [0.1, 0.15) is 30.1 Å². The van der Waals surface area contributed by atoms with Crippen molar-refractivity contribution in [2.24, 2.45) is 0 Å². The van der Waals surface area contributed by atoms with Gasteiger partial charge in [-0.3, -0.25) is 0 Å². The van der Waals surface area contributed by atoms with Crippen molar-refractivity contribution in [1.29, 1.82) is 0 Å². The Kier molecular flexibility index (Phi) is 6.10. The van der Waals surface area contributed by atoms with Gasteiger partial charge in [-0.2, -0.15) is 0 Å². The topological polar surface area (TPSA) is 55.8 Å². The van der Waals surface area contributed by atoms with Gasteiger partial charge in [0, 0.05) is 19.6 Å². The first-order valence-corrected chi connectivity index (χ1v) is 5.78. The highest BCUT2D eigenvalue weighted by atomic mass is 16.5. The zero-order chi connectivity index (χ0) is 12.5. The molecule has 0 fully saturated rings. The van der Waals surface area contributed by atoms with Gasteiger partial charge in [-0.1, -0.05) is 6.92 Å². The molecular weight excluding hydrogens is 220 g/mol. The molecule has 17 heavy (non-hydrogen) atoms. The number of hydrogen-bond acceptors (Lipinski definition) is 3. The molecule has 4 heteroatoms. The molecule has 0 aliphatic rings. The second-order valence-corrected chi connectivity index (χ2v) is 3.64. The van der Waals surface area contributed by atoms with E-state index in [9.17, 15) is 4.79 Å². The Morgan fingerprint density at radius 1 is 1.18 bits per heavy atom. The van der Waals surface area contributed by atoms with Gasteiger partial charge in [0.1, 0.15) is 5.75 Å². The molecule has 0 unspecified atom stereocenters. The van der Waals surface area contributed by atoms with Gasteiger partial charge in [0.15, 0.2) is 0 Å². The van der Waals surface area contributed by atoms with E-state index in [1.165, 1.54) is 12.1 Å². The molecule has 0 atom stereocenters. The van der Waals surface area contributed by atoms with E-state index in [1.54, 1.807) is 12.1 Å². The summed E-state index contributed by atoms with van der Waals surface area (Å²) >= 11 is 0. The first-order chi connectivity index (χ1) is 8.24.